The summed E-state index contributed by atoms with van der Waals surface area (Å²) in [7, 11) is -3.87. The number of hydrogen-bond acceptors (Lipinski definition) is 6. The van der Waals surface area contributed by atoms with Crippen LogP contribution in [-0.4, -0.2) is 22.1 Å². The molecule has 3 aromatic rings. The van der Waals surface area contributed by atoms with Crippen LogP contribution in [0.25, 0.3) is 11.0 Å². The van der Waals surface area contributed by atoms with Crippen molar-refractivity contribution in [2.75, 3.05) is 4.72 Å². The van der Waals surface area contributed by atoms with Gasteiger partial charge in [0.2, 0.25) is 0 Å². The van der Waals surface area contributed by atoms with E-state index >= 15 is 0 Å². The van der Waals surface area contributed by atoms with Crippen LogP contribution in [0.3, 0.4) is 0 Å². The molecule has 108 valence electrons. The van der Waals surface area contributed by atoms with E-state index in [1.165, 1.54) is 12.3 Å². The maximum absolute atomic E-state index is 12.4. The van der Waals surface area contributed by atoms with Crippen molar-refractivity contribution in [2.24, 2.45) is 0 Å². The highest BCUT2D eigenvalue weighted by Crippen LogP contribution is 2.27. The Morgan fingerprint density at radius 3 is 2.90 bits per heavy atom. The highest BCUT2D eigenvalue weighted by molar-refractivity contribution is 9.10. The van der Waals surface area contributed by atoms with Gasteiger partial charge in [0.05, 0.1) is 17.4 Å². The fourth-order valence-electron chi connectivity index (χ4n) is 1.68. The third kappa shape index (κ3) is 2.86. The van der Waals surface area contributed by atoms with Gasteiger partial charge in [-0.05, 0) is 34.1 Å². The number of pyridine rings is 1. The molecule has 0 atom stereocenters. The first-order valence-corrected chi connectivity index (χ1v) is 8.91. The summed E-state index contributed by atoms with van der Waals surface area (Å²) in [5.74, 6) is 0. The lowest BCUT2D eigenvalue weighted by molar-refractivity contribution is 0.601. The lowest BCUT2D eigenvalue weighted by Gasteiger charge is -2.09. The van der Waals surface area contributed by atoms with Crippen molar-refractivity contribution in [1.82, 2.24) is 13.7 Å². The van der Waals surface area contributed by atoms with Gasteiger partial charge in [-0.3, -0.25) is 4.72 Å². The van der Waals surface area contributed by atoms with E-state index in [-0.39, 0.29) is 10.0 Å². The molecule has 3 rings (SSSR count). The molecular formula is C11H6BrClN4O2S2. The number of fused-ring (bicyclic) bond motifs is 1. The molecule has 0 saturated carbocycles. The van der Waals surface area contributed by atoms with Crippen LogP contribution in [0.15, 0.2) is 39.8 Å². The van der Waals surface area contributed by atoms with Crippen molar-refractivity contribution in [2.45, 2.75) is 4.90 Å². The second-order valence-corrected chi connectivity index (χ2v) is 7.44. The quantitative estimate of drug-likeness (QED) is 0.676. The Labute approximate surface area is 137 Å². The van der Waals surface area contributed by atoms with Crippen LogP contribution in [0.4, 0.5) is 5.69 Å². The second-order valence-electron chi connectivity index (χ2n) is 3.99. The molecule has 0 radical (unpaired) electrons. The summed E-state index contributed by atoms with van der Waals surface area (Å²) < 4.78 is 36.0. The number of aromatic nitrogens is 3. The summed E-state index contributed by atoms with van der Waals surface area (Å²) in [4.78, 5) is 3.70. The van der Waals surface area contributed by atoms with Crippen molar-refractivity contribution < 1.29 is 8.42 Å². The number of halogens is 2. The number of nitrogens with zero attached hydrogens (tertiary/aromatic N) is 3. The van der Waals surface area contributed by atoms with Crippen molar-refractivity contribution in [3.8, 4) is 0 Å². The van der Waals surface area contributed by atoms with Gasteiger partial charge in [0.25, 0.3) is 10.0 Å². The molecule has 0 saturated heterocycles. The molecule has 21 heavy (non-hydrogen) atoms. The zero-order valence-corrected chi connectivity index (χ0v) is 14.1. The van der Waals surface area contributed by atoms with E-state index in [2.05, 4.69) is 34.4 Å². The third-order valence-corrected chi connectivity index (χ3v) is 5.36. The zero-order valence-electron chi connectivity index (χ0n) is 10.1. The lowest BCUT2D eigenvalue weighted by Crippen LogP contribution is -2.14. The first-order chi connectivity index (χ1) is 9.97. The van der Waals surface area contributed by atoms with Crippen LogP contribution in [-0.2, 0) is 10.0 Å². The average molecular weight is 406 g/mol. The number of anilines is 1. The molecular weight excluding hydrogens is 400 g/mol. The topological polar surface area (TPSA) is 84.8 Å². The minimum Gasteiger partial charge on any atom is -0.277 e. The normalized spacial score (nSPS) is 11.7. The highest BCUT2D eigenvalue weighted by Gasteiger charge is 2.21. The van der Waals surface area contributed by atoms with Crippen molar-refractivity contribution in [1.29, 1.82) is 0 Å². The van der Waals surface area contributed by atoms with Crippen LogP contribution in [0.2, 0.25) is 5.15 Å². The summed E-state index contributed by atoms with van der Waals surface area (Å²) >= 11 is 10.1. The van der Waals surface area contributed by atoms with Crippen LogP contribution in [0, 0.1) is 0 Å². The number of nitrogens with one attached hydrogen (secondary N) is 1. The van der Waals surface area contributed by atoms with Crippen molar-refractivity contribution in [3.05, 3.63) is 40.1 Å². The molecule has 2 heterocycles. The second kappa shape index (κ2) is 5.48. The average Bonchev–Trinajstić information content (AvgIpc) is 2.90. The van der Waals surface area contributed by atoms with Crippen LogP contribution in [0.5, 0.6) is 0 Å². The van der Waals surface area contributed by atoms with Crippen LogP contribution in [0.1, 0.15) is 0 Å². The molecule has 2 aromatic heterocycles. The van der Waals surface area contributed by atoms with E-state index < -0.39 is 10.0 Å². The van der Waals surface area contributed by atoms with Gasteiger partial charge in [-0.2, -0.15) is 8.75 Å². The fourth-order valence-corrected chi connectivity index (χ4v) is 4.24. The Kier molecular flexibility index (Phi) is 3.82. The van der Waals surface area contributed by atoms with E-state index in [4.69, 9.17) is 11.6 Å². The summed E-state index contributed by atoms with van der Waals surface area (Å²) in [5, 5.41) is -0.103. The Morgan fingerprint density at radius 2 is 2.10 bits per heavy atom. The Balaban J connectivity index is 2.08. The first-order valence-electron chi connectivity index (χ1n) is 5.52. The molecule has 0 unspecified atom stereocenters. The van der Waals surface area contributed by atoms with Gasteiger partial charge in [-0.1, -0.05) is 17.7 Å². The predicted octanol–water partition coefficient (Wildman–Crippen LogP) is 3.30. The van der Waals surface area contributed by atoms with Gasteiger partial charge in [0, 0.05) is 10.7 Å². The van der Waals surface area contributed by atoms with Crippen molar-refractivity contribution >= 4 is 66.0 Å². The largest absolute Gasteiger partial charge is 0.277 e. The molecule has 0 aliphatic carbocycles. The third-order valence-electron chi connectivity index (χ3n) is 2.59. The molecule has 1 aromatic carbocycles. The molecule has 6 nitrogen and oxygen atoms in total. The van der Waals surface area contributed by atoms with Gasteiger partial charge in [0.15, 0.2) is 0 Å². The van der Waals surface area contributed by atoms with Crippen molar-refractivity contribution in [3.63, 3.8) is 0 Å². The van der Waals surface area contributed by atoms with Crippen LogP contribution >= 0.6 is 39.3 Å². The summed E-state index contributed by atoms with van der Waals surface area (Å²) in [6, 6.07) is 6.45. The van der Waals surface area contributed by atoms with Gasteiger partial charge in [-0.15, -0.1) is 0 Å². The van der Waals surface area contributed by atoms with Gasteiger partial charge < -0.3 is 0 Å². The maximum Gasteiger partial charge on any atom is 0.265 e. The predicted molar refractivity (Wildman–Crippen MR) is 85.2 cm³/mol. The molecule has 1 N–H and O–H groups in total. The van der Waals surface area contributed by atoms with E-state index in [1.807, 2.05) is 0 Å². The van der Waals surface area contributed by atoms with E-state index in [1.54, 1.807) is 18.2 Å². The molecule has 0 spiro atoms. The van der Waals surface area contributed by atoms with E-state index in [0.717, 1.165) is 11.7 Å². The molecule has 0 amide bonds. The Bertz CT molecular complexity index is 929. The molecule has 0 aliphatic rings. The number of sulfonamides is 1. The lowest BCUT2D eigenvalue weighted by atomic mass is 10.3. The number of benzene rings is 1. The summed E-state index contributed by atoms with van der Waals surface area (Å²) in [6.07, 6.45) is 1.42. The first kappa shape index (κ1) is 14.6. The molecule has 10 heteroatoms. The van der Waals surface area contributed by atoms with Gasteiger partial charge in [0.1, 0.15) is 21.1 Å². The van der Waals surface area contributed by atoms with Gasteiger partial charge in [-0.25, -0.2) is 13.4 Å². The van der Waals surface area contributed by atoms with Gasteiger partial charge >= 0.3 is 0 Å². The minimum atomic E-state index is -3.87. The number of hydrogen-bond donors (Lipinski definition) is 1. The summed E-state index contributed by atoms with van der Waals surface area (Å²) in [6.45, 7) is 0. The van der Waals surface area contributed by atoms with E-state index in [9.17, 15) is 8.42 Å². The highest BCUT2D eigenvalue weighted by atomic mass is 79.9. The summed E-state index contributed by atoms with van der Waals surface area (Å²) in [5.41, 5.74) is 1.46. The number of rotatable bonds is 3. The van der Waals surface area contributed by atoms with E-state index in [0.29, 0.717) is 21.2 Å². The maximum atomic E-state index is 12.4. The SMILES string of the molecule is O=S(=O)(Nc1cccc2nsnc12)c1cc(Br)cnc1Cl. The smallest absolute Gasteiger partial charge is 0.265 e. The molecule has 0 aliphatic heterocycles. The van der Waals surface area contributed by atoms with Crippen LogP contribution < -0.4 is 4.72 Å². The Hall–Kier alpha value is -1.29. The fraction of sp³-hybridized carbons (Fsp3) is 0. The minimum absolute atomic E-state index is 0.103. The molecule has 0 bridgehead atoms. The Morgan fingerprint density at radius 1 is 1.29 bits per heavy atom. The zero-order chi connectivity index (χ0) is 15.0. The molecule has 0 fully saturated rings. The standard InChI is InChI=1S/C11H6BrClN4O2S2/c12-6-4-9(11(13)14-5-6)21(18,19)17-8-3-1-2-7-10(8)16-20-15-7/h1-5,17H. The monoisotopic (exact) mass is 404 g/mol.